The highest BCUT2D eigenvalue weighted by molar-refractivity contribution is 5.20. The first-order chi connectivity index (χ1) is 7.61. The molecule has 0 saturated carbocycles. The van der Waals surface area contributed by atoms with Gasteiger partial charge in [-0.2, -0.15) is 0 Å². The highest BCUT2D eigenvalue weighted by Crippen LogP contribution is 2.15. The van der Waals surface area contributed by atoms with Gasteiger partial charge in [0.15, 0.2) is 0 Å². The molecule has 0 fully saturated rings. The molecule has 1 atom stereocenters. The maximum atomic E-state index is 13.3. The summed E-state index contributed by atoms with van der Waals surface area (Å²) in [7, 11) is 0. The average molecular weight is 223 g/mol. The van der Waals surface area contributed by atoms with Crippen molar-refractivity contribution < 1.29 is 9.50 Å². The lowest BCUT2D eigenvalue weighted by atomic mass is 10.1. The molecule has 0 radical (unpaired) electrons. The summed E-state index contributed by atoms with van der Waals surface area (Å²) in [6.07, 6.45) is 1.22. The quantitative estimate of drug-likeness (QED) is 0.593. The number of aliphatic hydroxyl groups excluding tert-OH is 1. The number of aliphatic hydroxyl groups is 1. The van der Waals surface area contributed by atoms with Gasteiger partial charge < -0.3 is 10.4 Å². The number of hydrogen-bond donors (Lipinski definition) is 2. The van der Waals surface area contributed by atoms with Crippen LogP contribution in [0.2, 0.25) is 0 Å². The Morgan fingerprint density at radius 2 is 2.12 bits per heavy atom. The fourth-order valence-electron chi connectivity index (χ4n) is 1.35. The molecule has 0 heterocycles. The lowest BCUT2D eigenvalue weighted by Gasteiger charge is -2.12. The average Bonchev–Trinajstić information content (AvgIpc) is 2.24. The molecule has 0 aromatic heterocycles. The van der Waals surface area contributed by atoms with E-state index in [-0.39, 0.29) is 5.82 Å². The van der Waals surface area contributed by atoms with Crippen LogP contribution in [0.25, 0.3) is 0 Å². The minimum Gasteiger partial charge on any atom is -0.387 e. The molecule has 0 aliphatic rings. The van der Waals surface area contributed by atoms with Crippen LogP contribution in [-0.4, -0.2) is 18.2 Å². The topological polar surface area (TPSA) is 32.3 Å². The van der Waals surface area contributed by atoms with Crippen molar-refractivity contribution in [1.82, 2.24) is 5.32 Å². The van der Waals surface area contributed by atoms with E-state index in [1.165, 1.54) is 11.6 Å². The van der Waals surface area contributed by atoms with Crippen LogP contribution in [0.3, 0.4) is 0 Å². The summed E-state index contributed by atoms with van der Waals surface area (Å²) in [5, 5.41) is 12.8. The van der Waals surface area contributed by atoms with Crippen LogP contribution in [0.1, 0.15) is 25.5 Å². The van der Waals surface area contributed by atoms with Crippen molar-refractivity contribution in [1.29, 1.82) is 0 Å². The number of benzene rings is 1. The van der Waals surface area contributed by atoms with Gasteiger partial charge >= 0.3 is 0 Å². The van der Waals surface area contributed by atoms with Crippen molar-refractivity contribution in [2.75, 3.05) is 13.1 Å². The Kier molecular flexibility index (Phi) is 5.15. The lowest BCUT2D eigenvalue weighted by molar-refractivity contribution is 0.171. The van der Waals surface area contributed by atoms with E-state index in [9.17, 15) is 9.50 Å². The summed E-state index contributed by atoms with van der Waals surface area (Å²) >= 11 is 0. The van der Waals surface area contributed by atoms with Crippen molar-refractivity contribution in [2.24, 2.45) is 0 Å². The van der Waals surface area contributed by atoms with Crippen molar-refractivity contribution in [3.05, 3.63) is 47.3 Å². The van der Waals surface area contributed by atoms with E-state index in [4.69, 9.17) is 0 Å². The Morgan fingerprint density at radius 3 is 2.75 bits per heavy atom. The normalized spacial score (nSPS) is 12.2. The molecular formula is C13H18FNO. The molecule has 0 amide bonds. The standard InChI is InChI=1S/C13H18FNO/c1-10(2)7-8-15-9-13(16)11-5-3-4-6-12(11)14/h3-7,13,15-16H,8-9H2,1-2H3. The summed E-state index contributed by atoms with van der Waals surface area (Å²) < 4.78 is 13.3. The van der Waals surface area contributed by atoms with E-state index in [1.54, 1.807) is 18.2 Å². The first kappa shape index (κ1) is 12.9. The summed E-state index contributed by atoms with van der Waals surface area (Å²) in [6.45, 7) is 5.06. The molecule has 1 aromatic rings. The van der Waals surface area contributed by atoms with Gasteiger partial charge in [-0.3, -0.25) is 0 Å². The fourth-order valence-corrected chi connectivity index (χ4v) is 1.35. The van der Waals surface area contributed by atoms with Crippen molar-refractivity contribution in [3.63, 3.8) is 0 Å². The van der Waals surface area contributed by atoms with E-state index in [2.05, 4.69) is 5.32 Å². The molecule has 2 N–H and O–H groups in total. The molecule has 0 bridgehead atoms. The molecule has 0 aliphatic heterocycles. The molecule has 88 valence electrons. The van der Waals surface area contributed by atoms with E-state index in [1.807, 2.05) is 19.9 Å². The second-order valence-corrected chi connectivity index (χ2v) is 3.98. The third kappa shape index (κ3) is 4.13. The van der Waals surface area contributed by atoms with Crippen LogP contribution in [0.5, 0.6) is 0 Å². The third-order valence-corrected chi connectivity index (χ3v) is 2.26. The van der Waals surface area contributed by atoms with Crippen LogP contribution < -0.4 is 5.32 Å². The molecule has 0 saturated heterocycles. The minimum absolute atomic E-state index is 0.340. The van der Waals surface area contributed by atoms with Crippen LogP contribution in [0, 0.1) is 5.82 Å². The molecular weight excluding hydrogens is 205 g/mol. The number of halogens is 1. The van der Waals surface area contributed by atoms with Gasteiger partial charge in [0, 0.05) is 18.7 Å². The molecule has 1 rings (SSSR count). The molecule has 0 spiro atoms. The molecule has 1 unspecified atom stereocenters. The van der Waals surface area contributed by atoms with Gasteiger partial charge in [0.05, 0.1) is 6.10 Å². The van der Waals surface area contributed by atoms with Crippen molar-refractivity contribution >= 4 is 0 Å². The van der Waals surface area contributed by atoms with E-state index in [0.29, 0.717) is 18.7 Å². The minimum atomic E-state index is -0.799. The van der Waals surface area contributed by atoms with Gasteiger partial charge in [0.25, 0.3) is 0 Å². The highest BCUT2D eigenvalue weighted by Gasteiger charge is 2.10. The summed E-state index contributed by atoms with van der Waals surface area (Å²) in [6, 6.07) is 6.29. The molecule has 16 heavy (non-hydrogen) atoms. The van der Waals surface area contributed by atoms with E-state index < -0.39 is 6.10 Å². The number of rotatable bonds is 5. The predicted octanol–water partition coefficient (Wildman–Crippen LogP) is 2.41. The second kappa shape index (κ2) is 6.40. The zero-order chi connectivity index (χ0) is 12.0. The SMILES string of the molecule is CC(C)=CCNCC(O)c1ccccc1F. The van der Waals surface area contributed by atoms with Gasteiger partial charge in [-0.1, -0.05) is 29.8 Å². The van der Waals surface area contributed by atoms with Crippen LogP contribution in [0.4, 0.5) is 4.39 Å². The molecule has 1 aromatic carbocycles. The largest absolute Gasteiger partial charge is 0.387 e. The zero-order valence-electron chi connectivity index (χ0n) is 9.70. The number of nitrogens with one attached hydrogen (secondary N) is 1. The van der Waals surface area contributed by atoms with E-state index >= 15 is 0 Å². The van der Waals surface area contributed by atoms with E-state index in [0.717, 1.165) is 0 Å². The van der Waals surface area contributed by atoms with Gasteiger partial charge in [-0.15, -0.1) is 0 Å². The Morgan fingerprint density at radius 1 is 1.44 bits per heavy atom. The number of hydrogen-bond acceptors (Lipinski definition) is 2. The Labute approximate surface area is 95.8 Å². The fraction of sp³-hybridized carbons (Fsp3) is 0.385. The highest BCUT2D eigenvalue weighted by atomic mass is 19.1. The Bertz CT molecular complexity index is 359. The number of allylic oxidation sites excluding steroid dienone is 1. The Balaban J connectivity index is 2.44. The van der Waals surface area contributed by atoms with Crippen LogP contribution in [0.15, 0.2) is 35.9 Å². The first-order valence-corrected chi connectivity index (χ1v) is 5.38. The van der Waals surface area contributed by atoms with Gasteiger partial charge in [-0.25, -0.2) is 4.39 Å². The maximum Gasteiger partial charge on any atom is 0.129 e. The second-order valence-electron chi connectivity index (χ2n) is 3.98. The summed E-state index contributed by atoms with van der Waals surface area (Å²) in [5.41, 5.74) is 1.56. The molecule has 3 heteroatoms. The smallest absolute Gasteiger partial charge is 0.129 e. The monoisotopic (exact) mass is 223 g/mol. The summed E-state index contributed by atoms with van der Waals surface area (Å²) in [5.74, 6) is -0.362. The van der Waals surface area contributed by atoms with Crippen molar-refractivity contribution in [2.45, 2.75) is 20.0 Å². The zero-order valence-corrected chi connectivity index (χ0v) is 9.70. The van der Waals surface area contributed by atoms with Crippen molar-refractivity contribution in [3.8, 4) is 0 Å². The van der Waals surface area contributed by atoms with Gasteiger partial charge in [0.1, 0.15) is 5.82 Å². The predicted molar refractivity (Wildman–Crippen MR) is 63.7 cm³/mol. The van der Waals surface area contributed by atoms with Gasteiger partial charge in [-0.05, 0) is 19.9 Å². The maximum absolute atomic E-state index is 13.3. The lowest BCUT2D eigenvalue weighted by Crippen LogP contribution is -2.22. The van der Waals surface area contributed by atoms with Crippen LogP contribution in [-0.2, 0) is 0 Å². The Hall–Kier alpha value is -1.19. The first-order valence-electron chi connectivity index (χ1n) is 5.38. The summed E-state index contributed by atoms with van der Waals surface area (Å²) in [4.78, 5) is 0. The molecule has 2 nitrogen and oxygen atoms in total. The van der Waals surface area contributed by atoms with Gasteiger partial charge in [0.2, 0.25) is 0 Å². The third-order valence-electron chi connectivity index (χ3n) is 2.26. The van der Waals surface area contributed by atoms with Crippen LogP contribution >= 0.6 is 0 Å². The molecule has 0 aliphatic carbocycles.